The van der Waals surface area contributed by atoms with Crippen LogP contribution in [0.3, 0.4) is 0 Å². The van der Waals surface area contributed by atoms with Crippen molar-refractivity contribution in [3.05, 3.63) is 95.0 Å². The van der Waals surface area contributed by atoms with Crippen LogP contribution in [-0.4, -0.2) is 30.9 Å². The molecule has 0 aliphatic carbocycles. The number of nitrogens with one attached hydrogen (secondary N) is 2. The molecule has 0 aliphatic rings. The van der Waals surface area contributed by atoms with Crippen molar-refractivity contribution in [3.63, 3.8) is 0 Å². The summed E-state index contributed by atoms with van der Waals surface area (Å²) in [5, 5.41) is 5.84. The van der Waals surface area contributed by atoms with Gasteiger partial charge in [0.1, 0.15) is 6.54 Å². The van der Waals surface area contributed by atoms with Crippen molar-refractivity contribution in [3.8, 4) is 11.1 Å². The van der Waals surface area contributed by atoms with Gasteiger partial charge in [-0.05, 0) is 47.9 Å². The lowest BCUT2D eigenvalue weighted by Crippen LogP contribution is -2.34. The van der Waals surface area contributed by atoms with E-state index in [1.54, 1.807) is 36.4 Å². The zero-order valence-electron chi connectivity index (χ0n) is 17.5. The third-order valence-corrected chi connectivity index (χ3v) is 5.01. The molecule has 2 amide bonds. The summed E-state index contributed by atoms with van der Waals surface area (Å²) >= 11 is 5.86. The van der Waals surface area contributed by atoms with Gasteiger partial charge in [-0.3, -0.25) is 14.4 Å². The van der Waals surface area contributed by atoms with E-state index in [0.717, 1.165) is 16.7 Å². The van der Waals surface area contributed by atoms with E-state index in [1.165, 1.54) is 0 Å². The number of benzene rings is 3. The van der Waals surface area contributed by atoms with Crippen LogP contribution in [0.1, 0.15) is 28.9 Å². The molecule has 0 saturated heterocycles. The molecule has 1 unspecified atom stereocenters. The second-order valence-electron chi connectivity index (χ2n) is 7.13. The van der Waals surface area contributed by atoms with Crippen LogP contribution in [0.15, 0.2) is 78.9 Å². The van der Waals surface area contributed by atoms with E-state index in [9.17, 15) is 14.4 Å². The quantitative estimate of drug-likeness (QED) is 0.505. The molecule has 0 radical (unpaired) electrons. The van der Waals surface area contributed by atoms with Gasteiger partial charge in [-0.15, -0.1) is 0 Å². The van der Waals surface area contributed by atoms with Gasteiger partial charge in [0.15, 0.2) is 6.61 Å². The standard InChI is InChI=1S/C25H23ClN2O4/c1-17(18-11-13-22(26)14-12-18)28-23(29)16-32-24(30)15-27-25(31)21-9-7-20(8-10-21)19-5-3-2-4-6-19/h2-14,17H,15-16H2,1H3,(H,27,31)(H,28,29). The number of carbonyl (C=O) groups excluding carboxylic acids is 3. The highest BCUT2D eigenvalue weighted by Gasteiger charge is 2.13. The maximum absolute atomic E-state index is 12.3. The molecule has 3 rings (SSSR count). The first-order valence-electron chi connectivity index (χ1n) is 10.1. The summed E-state index contributed by atoms with van der Waals surface area (Å²) in [6.45, 7) is 1.05. The van der Waals surface area contributed by atoms with E-state index in [0.29, 0.717) is 10.6 Å². The van der Waals surface area contributed by atoms with Gasteiger partial charge in [-0.2, -0.15) is 0 Å². The van der Waals surface area contributed by atoms with Gasteiger partial charge in [0, 0.05) is 10.6 Å². The van der Waals surface area contributed by atoms with Crippen LogP contribution in [0.2, 0.25) is 5.02 Å². The van der Waals surface area contributed by atoms with Crippen LogP contribution in [0.4, 0.5) is 0 Å². The molecule has 2 N–H and O–H groups in total. The minimum absolute atomic E-state index is 0.267. The van der Waals surface area contributed by atoms with Gasteiger partial charge in [0.2, 0.25) is 0 Å². The van der Waals surface area contributed by atoms with Gasteiger partial charge in [0.05, 0.1) is 6.04 Å². The minimum atomic E-state index is -0.700. The Hall–Kier alpha value is -3.64. The van der Waals surface area contributed by atoms with E-state index in [1.807, 2.05) is 49.4 Å². The second kappa shape index (κ2) is 11.1. The van der Waals surface area contributed by atoms with Gasteiger partial charge in [-0.25, -0.2) is 0 Å². The zero-order valence-corrected chi connectivity index (χ0v) is 18.3. The van der Waals surface area contributed by atoms with Crippen molar-refractivity contribution in [1.29, 1.82) is 0 Å². The fourth-order valence-corrected chi connectivity index (χ4v) is 3.14. The number of hydrogen-bond donors (Lipinski definition) is 2. The monoisotopic (exact) mass is 450 g/mol. The molecule has 1 atom stereocenters. The van der Waals surface area contributed by atoms with E-state index in [4.69, 9.17) is 16.3 Å². The molecule has 3 aromatic carbocycles. The van der Waals surface area contributed by atoms with E-state index in [2.05, 4.69) is 10.6 Å². The fraction of sp³-hybridized carbons (Fsp3) is 0.160. The first kappa shape index (κ1) is 23.0. The Morgan fingerprint density at radius 1 is 0.875 bits per heavy atom. The van der Waals surface area contributed by atoms with E-state index < -0.39 is 24.4 Å². The maximum atomic E-state index is 12.3. The van der Waals surface area contributed by atoms with E-state index in [-0.39, 0.29) is 12.6 Å². The number of esters is 1. The van der Waals surface area contributed by atoms with Crippen molar-refractivity contribution in [1.82, 2.24) is 10.6 Å². The van der Waals surface area contributed by atoms with E-state index >= 15 is 0 Å². The summed E-state index contributed by atoms with van der Waals surface area (Å²) in [5.41, 5.74) is 3.33. The predicted octanol–water partition coefficient (Wildman–Crippen LogP) is 4.16. The van der Waals surface area contributed by atoms with Crippen molar-refractivity contribution < 1.29 is 19.1 Å². The number of halogens is 1. The van der Waals surface area contributed by atoms with Crippen molar-refractivity contribution >= 4 is 29.4 Å². The Balaban J connectivity index is 1.41. The third-order valence-electron chi connectivity index (χ3n) is 4.76. The summed E-state index contributed by atoms with van der Waals surface area (Å²) in [7, 11) is 0. The Labute approximate surface area is 191 Å². The largest absolute Gasteiger partial charge is 0.454 e. The number of carbonyl (C=O) groups is 3. The molecular formula is C25H23ClN2O4. The molecule has 0 aliphatic heterocycles. The molecule has 164 valence electrons. The normalized spacial score (nSPS) is 11.3. The first-order valence-corrected chi connectivity index (χ1v) is 10.4. The van der Waals surface area contributed by atoms with Crippen LogP contribution in [-0.2, 0) is 14.3 Å². The average Bonchev–Trinajstić information content (AvgIpc) is 2.82. The average molecular weight is 451 g/mol. The molecule has 0 saturated carbocycles. The van der Waals surface area contributed by atoms with Gasteiger partial charge in [-0.1, -0.05) is 66.2 Å². The molecule has 32 heavy (non-hydrogen) atoms. The molecule has 0 aromatic heterocycles. The Bertz CT molecular complexity index is 1070. The predicted molar refractivity (Wildman–Crippen MR) is 123 cm³/mol. The van der Waals surface area contributed by atoms with Crippen LogP contribution >= 0.6 is 11.6 Å². The number of hydrogen-bond acceptors (Lipinski definition) is 4. The third kappa shape index (κ3) is 6.68. The van der Waals surface area contributed by atoms with Crippen LogP contribution in [0.5, 0.6) is 0 Å². The zero-order chi connectivity index (χ0) is 22.9. The lowest BCUT2D eigenvalue weighted by atomic mass is 10.0. The highest BCUT2D eigenvalue weighted by atomic mass is 35.5. The molecule has 3 aromatic rings. The molecule has 7 heteroatoms. The molecule has 0 fully saturated rings. The number of ether oxygens (including phenoxy) is 1. The fourth-order valence-electron chi connectivity index (χ4n) is 3.01. The smallest absolute Gasteiger partial charge is 0.325 e. The summed E-state index contributed by atoms with van der Waals surface area (Å²) in [5.74, 6) is -1.54. The second-order valence-corrected chi connectivity index (χ2v) is 7.56. The van der Waals surface area contributed by atoms with Gasteiger partial charge in [0.25, 0.3) is 11.8 Å². The molecular weight excluding hydrogens is 428 g/mol. The van der Waals surface area contributed by atoms with Gasteiger partial charge >= 0.3 is 5.97 Å². The summed E-state index contributed by atoms with van der Waals surface area (Å²) in [4.78, 5) is 36.1. The Kier molecular flexibility index (Phi) is 8.00. The number of amides is 2. The summed E-state index contributed by atoms with van der Waals surface area (Å²) in [6, 6.07) is 23.7. The lowest BCUT2D eigenvalue weighted by molar-refractivity contribution is -0.147. The lowest BCUT2D eigenvalue weighted by Gasteiger charge is -2.14. The van der Waals surface area contributed by atoms with Crippen molar-refractivity contribution in [2.75, 3.05) is 13.2 Å². The summed E-state index contributed by atoms with van der Waals surface area (Å²) < 4.78 is 4.94. The Morgan fingerprint density at radius 3 is 2.16 bits per heavy atom. The van der Waals surface area contributed by atoms with Crippen molar-refractivity contribution in [2.24, 2.45) is 0 Å². The minimum Gasteiger partial charge on any atom is -0.454 e. The van der Waals surface area contributed by atoms with Crippen LogP contribution in [0.25, 0.3) is 11.1 Å². The van der Waals surface area contributed by atoms with Crippen LogP contribution in [0, 0.1) is 0 Å². The van der Waals surface area contributed by atoms with Crippen LogP contribution < -0.4 is 10.6 Å². The topological polar surface area (TPSA) is 84.5 Å². The van der Waals surface area contributed by atoms with Gasteiger partial charge < -0.3 is 15.4 Å². The summed E-state index contributed by atoms with van der Waals surface area (Å²) in [6.07, 6.45) is 0. The highest BCUT2D eigenvalue weighted by Crippen LogP contribution is 2.19. The SMILES string of the molecule is CC(NC(=O)COC(=O)CNC(=O)c1ccc(-c2ccccc2)cc1)c1ccc(Cl)cc1. The van der Waals surface area contributed by atoms with Crippen molar-refractivity contribution in [2.45, 2.75) is 13.0 Å². The molecule has 6 nitrogen and oxygen atoms in total. The first-order chi connectivity index (χ1) is 15.4. The maximum Gasteiger partial charge on any atom is 0.325 e. The number of rotatable bonds is 8. The highest BCUT2D eigenvalue weighted by molar-refractivity contribution is 6.30. The molecule has 0 bridgehead atoms. The molecule has 0 spiro atoms. The Morgan fingerprint density at radius 2 is 1.50 bits per heavy atom. The molecule has 0 heterocycles.